The van der Waals surface area contributed by atoms with Crippen molar-refractivity contribution in [3.8, 4) is 5.75 Å². The lowest BCUT2D eigenvalue weighted by atomic mass is 9.43. The van der Waals surface area contributed by atoms with E-state index in [1.54, 1.807) is 26.4 Å². The van der Waals surface area contributed by atoms with Crippen LogP contribution in [0.1, 0.15) is 97.0 Å². The van der Waals surface area contributed by atoms with Crippen LogP contribution in [0.25, 0.3) is 0 Å². The van der Waals surface area contributed by atoms with Crippen LogP contribution in [0.5, 0.6) is 5.75 Å². The maximum Gasteiger partial charge on any atom is 0.243 e. The third kappa shape index (κ3) is 9.37. The molecular weight excluding hydrogens is 760 g/mol. The number of benzene rings is 1. The fraction of sp³-hybridized carbons (Fsp3) is 0.822. The van der Waals surface area contributed by atoms with E-state index in [9.17, 15) is 40.2 Å². The highest BCUT2D eigenvalue weighted by Crippen LogP contribution is 2.68. The van der Waals surface area contributed by atoms with E-state index in [4.69, 9.17) is 18.9 Å². The summed E-state index contributed by atoms with van der Waals surface area (Å²) < 4.78 is 21.7. The second-order valence-corrected chi connectivity index (χ2v) is 18.9. The molecule has 1 aromatic carbocycles. The van der Waals surface area contributed by atoms with Gasteiger partial charge in [-0.15, -0.1) is 0 Å². The Morgan fingerprint density at radius 1 is 0.915 bits per heavy atom. The molecule has 1 saturated heterocycles. The Morgan fingerprint density at radius 2 is 1.66 bits per heavy atom. The van der Waals surface area contributed by atoms with Crippen LogP contribution in [-0.2, 0) is 30.3 Å². The molecule has 1 aliphatic heterocycles. The average molecular weight is 833 g/mol. The number of amides is 2. The highest BCUT2D eigenvalue weighted by atomic mass is 16.6. The number of methoxy groups -OCH3 is 2. The first-order chi connectivity index (χ1) is 28.2. The van der Waals surface area contributed by atoms with E-state index in [0.29, 0.717) is 42.4 Å². The Kier molecular flexibility index (Phi) is 15.4. The fourth-order valence-corrected chi connectivity index (χ4v) is 12.7. The van der Waals surface area contributed by atoms with E-state index in [1.165, 1.54) is 4.90 Å². The number of hydrogen-bond donors (Lipinski definition) is 7. The molecule has 334 valence electrons. The van der Waals surface area contributed by atoms with E-state index < -0.39 is 61.2 Å². The minimum absolute atomic E-state index is 0.00474. The second-order valence-electron chi connectivity index (χ2n) is 18.9. The zero-order valence-corrected chi connectivity index (χ0v) is 35.8. The van der Waals surface area contributed by atoms with Crippen molar-refractivity contribution in [3.05, 3.63) is 29.8 Å². The van der Waals surface area contributed by atoms with Crippen LogP contribution in [0.3, 0.4) is 0 Å². The number of nitrogens with zero attached hydrogens (tertiary/aromatic N) is 1. The van der Waals surface area contributed by atoms with Gasteiger partial charge in [-0.3, -0.25) is 9.59 Å². The van der Waals surface area contributed by atoms with Gasteiger partial charge in [0, 0.05) is 33.1 Å². The topological polar surface area (TPSA) is 208 Å². The van der Waals surface area contributed by atoms with Gasteiger partial charge in [-0.25, -0.2) is 0 Å². The molecule has 13 unspecified atom stereocenters. The van der Waals surface area contributed by atoms with Crippen molar-refractivity contribution >= 4 is 11.8 Å². The predicted octanol–water partition coefficient (Wildman–Crippen LogP) is 2.77. The molecule has 59 heavy (non-hydrogen) atoms. The summed E-state index contributed by atoms with van der Waals surface area (Å²) >= 11 is 0. The molecule has 0 spiro atoms. The van der Waals surface area contributed by atoms with Crippen molar-refractivity contribution in [2.24, 2.45) is 46.3 Å². The lowest BCUT2D eigenvalue weighted by Gasteiger charge is -2.62. The van der Waals surface area contributed by atoms with Crippen LogP contribution in [0.15, 0.2) is 24.3 Å². The molecule has 5 fully saturated rings. The molecule has 1 aromatic rings. The van der Waals surface area contributed by atoms with Gasteiger partial charge in [0.1, 0.15) is 36.1 Å². The van der Waals surface area contributed by atoms with Crippen LogP contribution in [0.2, 0.25) is 0 Å². The molecule has 6 rings (SSSR count). The highest BCUT2D eigenvalue weighted by molar-refractivity contribution is 5.88. The van der Waals surface area contributed by atoms with E-state index in [2.05, 4.69) is 26.1 Å². The molecule has 7 N–H and O–H groups in total. The number of aliphatic hydroxyl groups excluding tert-OH is 6. The number of carbonyl (C=O) groups is 2. The Hall–Kier alpha value is -2.40. The maximum absolute atomic E-state index is 14.7. The summed E-state index contributed by atoms with van der Waals surface area (Å²) in [7, 11) is 3.11. The number of rotatable bonds is 17. The number of fused-ring (bicyclic) bond motifs is 5. The van der Waals surface area contributed by atoms with Crippen molar-refractivity contribution in [2.45, 2.75) is 147 Å². The van der Waals surface area contributed by atoms with Gasteiger partial charge in [-0.05, 0) is 122 Å². The molecule has 5 aliphatic rings. The van der Waals surface area contributed by atoms with Crippen molar-refractivity contribution in [2.75, 3.05) is 40.6 Å². The smallest absolute Gasteiger partial charge is 0.243 e. The summed E-state index contributed by atoms with van der Waals surface area (Å²) in [6.07, 6.45) is 0.842. The van der Waals surface area contributed by atoms with Gasteiger partial charge in [0.15, 0.2) is 6.29 Å². The maximum atomic E-state index is 14.7. The van der Waals surface area contributed by atoms with Gasteiger partial charge in [-0.2, -0.15) is 0 Å². The van der Waals surface area contributed by atoms with E-state index in [0.717, 1.165) is 56.9 Å². The van der Waals surface area contributed by atoms with Crippen LogP contribution < -0.4 is 10.1 Å². The average Bonchev–Trinajstić information content (AvgIpc) is 3.60. The Labute approximate surface area is 349 Å². The molecule has 14 heteroatoms. The van der Waals surface area contributed by atoms with Gasteiger partial charge in [-0.1, -0.05) is 32.9 Å². The predicted molar refractivity (Wildman–Crippen MR) is 218 cm³/mol. The van der Waals surface area contributed by atoms with E-state index in [-0.39, 0.29) is 61.4 Å². The largest absolute Gasteiger partial charge is 0.497 e. The molecule has 0 radical (unpaired) electrons. The van der Waals surface area contributed by atoms with Crippen LogP contribution in [0.4, 0.5) is 0 Å². The molecule has 2 amide bonds. The quantitative estimate of drug-likeness (QED) is 0.113. The van der Waals surface area contributed by atoms with Crippen molar-refractivity contribution in [3.63, 3.8) is 0 Å². The van der Waals surface area contributed by atoms with Crippen LogP contribution >= 0.6 is 0 Å². The number of carbonyl (C=O) groups excluding carboxylic acids is 2. The first kappa shape index (κ1) is 46.1. The molecular formula is C45H72N2O12. The summed E-state index contributed by atoms with van der Waals surface area (Å²) in [5, 5.41) is 69.1. The van der Waals surface area contributed by atoms with Crippen molar-refractivity contribution in [1.29, 1.82) is 0 Å². The van der Waals surface area contributed by atoms with E-state index >= 15 is 0 Å². The normalized spacial score (nSPS) is 39.0. The van der Waals surface area contributed by atoms with Gasteiger partial charge < -0.3 is 59.8 Å². The highest BCUT2D eigenvalue weighted by Gasteiger charge is 2.64. The number of hydrogen-bond acceptors (Lipinski definition) is 12. The zero-order chi connectivity index (χ0) is 42.6. The Bertz CT molecular complexity index is 1530. The molecule has 0 bridgehead atoms. The first-order valence-electron chi connectivity index (χ1n) is 22.1. The monoisotopic (exact) mass is 833 g/mol. The first-order valence-corrected chi connectivity index (χ1v) is 22.1. The summed E-state index contributed by atoms with van der Waals surface area (Å²) in [5.41, 5.74) is 0.582. The molecule has 4 aliphatic carbocycles. The molecule has 16 atom stereocenters. The molecule has 0 aromatic heterocycles. The lowest BCUT2D eigenvalue weighted by molar-refractivity contribution is -0.273. The van der Waals surface area contributed by atoms with Gasteiger partial charge in [0.05, 0.1) is 39.1 Å². The molecule has 1 heterocycles. The minimum Gasteiger partial charge on any atom is -0.497 e. The summed E-state index contributed by atoms with van der Waals surface area (Å²) in [6.45, 7) is 6.87. The summed E-state index contributed by atoms with van der Waals surface area (Å²) in [6, 6.07) is 4.39. The number of ether oxygens (including phenoxy) is 4. The lowest BCUT2D eigenvalue weighted by Crippen LogP contribution is -2.68. The molecule has 4 saturated carbocycles. The fourth-order valence-electron chi connectivity index (χ4n) is 12.7. The SMILES string of the molecule is COCCOCCC(C(=O)NCc1ccc(OC)cc1)N(C(=O)CCC(C)C1CCC2C3CCC4CC(O)CCC4(C)C3CC(O)C12C)C1[C@H](O)OC(CO)[C@@H](O)[C@H]1O. The Balaban J connectivity index is 1.21. The standard InChI is InChI=1S/C45H72N2O12/c1-26(32-13-14-33-31-12-9-28-22-29(49)16-18-44(28,2)34(31)23-37(50)45(32,33)3)6-15-38(51)47(39-41(53)40(52)36(25-48)59-43(39)55)35(17-19-58-21-20-56-4)42(54)46-24-27-7-10-30(57-5)11-8-27/h7-8,10-11,26,28-29,31-37,39-41,43,48-50,52-53,55H,6,9,12-25H2,1-5H3,(H,46,54)/t26?,28?,29?,31?,32?,33?,34?,35?,36?,37?,39?,40-,41+,43-,44?,45?/m1/s1. The number of nitrogens with one attached hydrogen (secondary N) is 1. The molecule has 14 nitrogen and oxygen atoms in total. The third-order valence-electron chi connectivity index (χ3n) is 16.0. The van der Waals surface area contributed by atoms with Crippen LogP contribution in [0, 0.1) is 46.3 Å². The zero-order valence-electron chi connectivity index (χ0n) is 35.8. The van der Waals surface area contributed by atoms with Crippen molar-refractivity contribution in [1.82, 2.24) is 10.2 Å². The van der Waals surface area contributed by atoms with E-state index in [1.807, 2.05) is 12.1 Å². The Morgan fingerprint density at radius 3 is 2.36 bits per heavy atom. The van der Waals surface area contributed by atoms with Gasteiger partial charge in [0.2, 0.25) is 11.8 Å². The third-order valence-corrected chi connectivity index (χ3v) is 16.0. The van der Waals surface area contributed by atoms with Gasteiger partial charge >= 0.3 is 0 Å². The number of aliphatic hydroxyl groups is 6. The summed E-state index contributed by atoms with van der Waals surface area (Å²) in [4.78, 5) is 30.1. The van der Waals surface area contributed by atoms with Crippen LogP contribution in [-0.4, -0.2) is 137 Å². The minimum atomic E-state index is -1.82. The second kappa shape index (κ2) is 19.8. The summed E-state index contributed by atoms with van der Waals surface area (Å²) in [5.74, 6) is 1.58. The van der Waals surface area contributed by atoms with Gasteiger partial charge in [0.25, 0.3) is 0 Å². The van der Waals surface area contributed by atoms with Crippen molar-refractivity contribution < 1.29 is 59.2 Å².